The van der Waals surface area contributed by atoms with E-state index in [-0.39, 0.29) is 18.3 Å². The first-order valence-electron chi connectivity index (χ1n) is 6.26. The van der Waals surface area contributed by atoms with Gasteiger partial charge in [0, 0.05) is 18.1 Å². The molecule has 2 rings (SSSR count). The summed E-state index contributed by atoms with van der Waals surface area (Å²) in [6, 6.07) is 9.17. The molecule has 0 saturated carbocycles. The van der Waals surface area contributed by atoms with Crippen LogP contribution in [-0.2, 0) is 0 Å². The number of aromatic nitrogens is 1. The number of amides is 1. The fraction of sp³-hybridized carbons (Fsp3) is 0.214. The second-order valence-electron chi connectivity index (χ2n) is 4.29. The Morgan fingerprint density at radius 2 is 2.15 bits per heavy atom. The first-order chi connectivity index (χ1) is 9.67. The van der Waals surface area contributed by atoms with E-state index < -0.39 is 0 Å². The average Bonchev–Trinajstić information content (AvgIpc) is 2.51. The SMILES string of the molecule is CCN(CC(N)=NO)C(=O)c1cccc2cccnc12. The molecular weight excluding hydrogens is 256 g/mol. The Morgan fingerprint density at radius 3 is 2.85 bits per heavy atom. The van der Waals surface area contributed by atoms with Gasteiger partial charge in [-0.1, -0.05) is 23.4 Å². The fourth-order valence-electron chi connectivity index (χ4n) is 2.00. The highest BCUT2D eigenvalue weighted by atomic mass is 16.4. The second-order valence-corrected chi connectivity index (χ2v) is 4.29. The van der Waals surface area contributed by atoms with E-state index in [1.54, 1.807) is 12.3 Å². The molecule has 1 amide bonds. The lowest BCUT2D eigenvalue weighted by molar-refractivity contribution is 0.0788. The normalized spacial score (nSPS) is 11.6. The molecule has 0 aliphatic carbocycles. The highest BCUT2D eigenvalue weighted by Crippen LogP contribution is 2.17. The lowest BCUT2D eigenvalue weighted by atomic mass is 10.1. The topological polar surface area (TPSA) is 91.8 Å². The van der Waals surface area contributed by atoms with Crippen molar-refractivity contribution in [2.45, 2.75) is 6.92 Å². The third-order valence-corrected chi connectivity index (χ3v) is 3.01. The molecule has 0 unspecified atom stereocenters. The zero-order chi connectivity index (χ0) is 14.5. The van der Waals surface area contributed by atoms with Gasteiger partial charge in [-0.05, 0) is 19.1 Å². The number of likely N-dealkylation sites (N-methyl/N-ethyl adjacent to an activating group) is 1. The number of nitrogens with zero attached hydrogens (tertiary/aromatic N) is 3. The predicted molar refractivity (Wildman–Crippen MR) is 76.7 cm³/mol. The third-order valence-electron chi connectivity index (χ3n) is 3.01. The van der Waals surface area contributed by atoms with Gasteiger partial charge in [0.25, 0.3) is 5.91 Å². The Balaban J connectivity index is 2.39. The number of amidine groups is 1. The van der Waals surface area contributed by atoms with Crippen molar-refractivity contribution in [3.05, 3.63) is 42.1 Å². The Hall–Kier alpha value is -2.63. The molecule has 104 valence electrons. The largest absolute Gasteiger partial charge is 0.409 e. The van der Waals surface area contributed by atoms with Crippen molar-refractivity contribution in [3.63, 3.8) is 0 Å². The van der Waals surface area contributed by atoms with Crippen LogP contribution < -0.4 is 5.73 Å². The van der Waals surface area contributed by atoms with Crippen LogP contribution in [0.2, 0.25) is 0 Å². The van der Waals surface area contributed by atoms with Crippen LogP contribution in [0.3, 0.4) is 0 Å². The zero-order valence-corrected chi connectivity index (χ0v) is 11.2. The summed E-state index contributed by atoms with van der Waals surface area (Å²) in [7, 11) is 0. The maximum Gasteiger partial charge on any atom is 0.256 e. The summed E-state index contributed by atoms with van der Waals surface area (Å²) in [5, 5.41) is 12.4. The van der Waals surface area contributed by atoms with Crippen LogP contribution in [0.15, 0.2) is 41.7 Å². The predicted octanol–water partition coefficient (Wildman–Crippen LogP) is 1.44. The van der Waals surface area contributed by atoms with Gasteiger partial charge in [0.1, 0.15) is 0 Å². The molecule has 3 N–H and O–H groups in total. The quantitative estimate of drug-likeness (QED) is 0.381. The third kappa shape index (κ3) is 2.69. The van der Waals surface area contributed by atoms with Gasteiger partial charge in [-0.2, -0.15) is 0 Å². The molecule has 20 heavy (non-hydrogen) atoms. The van der Waals surface area contributed by atoms with E-state index in [4.69, 9.17) is 10.9 Å². The number of rotatable bonds is 4. The summed E-state index contributed by atoms with van der Waals surface area (Å²) in [6.07, 6.45) is 1.65. The molecule has 0 spiro atoms. The van der Waals surface area contributed by atoms with Crippen LogP contribution in [0.1, 0.15) is 17.3 Å². The molecule has 1 heterocycles. The number of fused-ring (bicyclic) bond motifs is 1. The number of hydrogen-bond donors (Lipinski definition) is 2. The highest BCUT2D eigenvalue weighted by Gasteiger charge is 2.18. The van der Waals surface area contributed by atoms with Gasteiger partial charge >= 0.3 is 0 Å². The first kappa shape index (κ1) is 13.8. The Bertz CT molecular complexity index is 649. The van der Waals surface area contributed by atoms with Crippen molar-refractivity contribution in [2.24, 2.45) is 10.9 Å². The second kappa shape index (κ2) is 6.01. The minimum atomic E-state index is -0.191. The van der Waals surface area contributed by atoms with Crippen molar-refractivity contribution >= 4 is 22.6 Å². The number of carbonyl (C=O) groups excluding carboxylic acids is 1. The van der Waals surface area contributed by atoms with E-state index in [1.807, 2.05) is 31.2 Å². The molecule has 6 heteroatoms. The van der Waals surface area contributed by atoms with E-state index in [0.717, 1.165) is 5.39 Å². The van der Waals surface area contributed by atoms with Crippen LogP contribution >= 0.6 is 0 Å². The average molecular weight is 272 g/mol. The maximum atomic E-state index is 12.5. The monoisotopic (exact) mass is 272 g/mol. The Kier molecular flexibility index (Phi) is 4.14. The van der Waals surface area contributed by atoms with Gasteiger partial charge in [0.2, 0.25) is 0 Å². The molecule has 2 aromatic rings. The number of oxime groups is 1. The standard InChI is InChI=1S/C14H16N4O2/c1-2-18(9-12(15)17-20)14(19)11-7-3-5-10-6-4-8-16-13(10)11/h3-8,20H,2,9H2,1H3,(H2,15,17). The number of benzene rings is 1. The molecule has 0 saturated heterocycles. The number of carbonyl (C=O) groups is 1. The Morgan fingerprint density at radius 1 is 1.40 bits per heavy atom. The number of para-hydroxylation sites is 1. The lowest BCUT2D eigenvalue weighted by Gasteiger charge is -2.20. The summed E-state index contributed by atoms with van der Waals surface area (Å²) in [4.78, 5) is 18.3. The van der Waals surface area contributed by atoms with E-state index in [2.05, 4.69) is 10.1 Å². The smallest absolute Gasteiger partial charge is 0.256 e. The van der Waals surface area contributed by atoms with Gasteiger partial charge in [0.15, 0.2) is 5.84 Å². The zero-order valence-electron chi connectivity index (χ0n) is 11.2. The van der Waals surface area contributed by atoms with Gasteiger partial charge in [0.05, 0.1) is 17.6 Å². The fourth-order valence-corrected chi connectivity index (χ4v) is 2.00. The molecule has 0 aliphatic rings. The minimum absolute atomic E-state index is 0.00611. The van der Waals surface area contributed by atoms with Crippen molar-refractivity contribution < 1.29 is 10.0 Å². The first-order valence-corrected chi connectivity index (χ1v) is 6.26. The van der Waals surface area contributed by atoms with Crippen LogP contribution in [0.5, 0.6) is 0 Å². The number of hydrogen-bond acceptors (Lipinski definition) is 4. The summed E-state index contributed by atoms with van der Waals surface area (Å²) < 4.78 is 0. The van der Waals surface area contributed by atoms with E-state index in [1.165, 1.54) is 4.90 Å². The van der Waals surface area contributed by atoms with Crippen LogP contribution in [-0.4, -0.2) is 39.9 Å². The molecular formula is C14H16N4O2. The van der Waals surface area contributed by atoms with E-state index >= 15 is 0 Å². The van der Waals surface area contributed by atoms with Gasteiger partial charge < -0.3 is 15.8 Å². The summed E-state index contributed by atoms with van der Waals surface area (Å²) in [5.74, 6) is -0.197. The van der Waals surface area contributed by atoms with Crippen LogP contribution in [0.4, 0.5) is 0 Å². The number of pyridine rings is 1. The molecule has 0 radical (unpaired) electrons. The molecule has 1 aromatic carbocycles. The molecule has 0 atom stereocenters. The summed E-state index contributed by atoms with van der Waals surface area (Å²) in [5.41, 5.74) is 6.63. The van der Waals surface area contributed by atoms with Crippen molar-refractivity contribution in [1.29, 1.82) is 0 Å². The highest BCUT2D eigenvalue weighted by molar-refractivity contribution is 6.06. The molecule has 1 aromatic heterocycles. The molecule has 0 fully saturated rings. The minimum Gasteiger partial charge on any atom is -0.409 e. The van der Waals surface area contributed by atoms with E-state index in [0.29, 0.717) is 17.6 Å². The van der Waals surface area contributed by atoms with Crippen molar-refractivity contribution in [2.75, 3.05) is 13.1 Å². The lowest BCUT2D eigenvalue weighted by Crippen LogP contribution is -2.38. The van der Waals surface area contributed by atoms with Crippen molar-refractivity contribution in [3.8, 4) is 0 Å². The van der Waals surface area contributed by atoms with Crippen LogP contribution in [0, 0.1) is 0 Å². The van der Waals surface area contributed by atoms with Crippen LogP contribution in [0.25, 0.3) is 10.9 Å². The number of nitrogens with two attached hydrogens (primary N) is 1. The maximum absolute atomic E-state index is 12.5. The summed E-state index contributed by atoms with van der Waals surface area (Å²) >= 11 is 0. The Labute approximate surface area is 116 Å². The molecule has 0 bridgehead atoms. The van der Waals surface area contributed by atoms with E-state index in [9.17, 15) is 4.79 Å². The van der Waals surface area contributed by atoms with Gasteiger partial charge in [-0.3, -0.25) is 9.78 Å². The van der Waals surface area contributed by atoms with Gasteiger partial charge in [-0.15, -0.1) is 0 Å². The van der Waals surface area contributed by atoms with Gasteiger partial charge in [-0.25, -0.2) is 0 Å². The summed E-state index contributed by atoms with van der Waals surface area (Å²) in [6.45, 7) is 2.37. The molecule has 0 aliphatic heterocycles. The molecule has 6 nitrogen and oxygen atoms in total. The van der Waals surface area contributed by atoms with Crippen molar-refractivity contribution in [1.82, 2.24) is 9.88 Å².